The van der Waals surface area contributed by atoms with Crippen LogP contribution < -0.4 is 0 Å². The van der Waals surface area contributed by atoms with Crippen molar-refractivity contribution in [1.82, 2.24) is 0 Å². The Morgan fingerprint density at radius 3 is 1.80 bits per heavy atom. The van der Waals surface area contributed by atoms with E-state index in [-0.39, 0.29) is 98.5 Å². The van der Waals surface area contributed by atoms with Crippen molar-refractivity contribution in [1.29, 1.82) is 0 Å². The lowest BCUT2D eigenvalue weighted by Gasteiger charge is -2.62. The summed E-state index contributed by atoms with van der Waals surface area (Å²) < 4.78 is 23.6. The highest BCUT2D eigenvalue weighted by Gasteiger charge is 2.71. The Balaban J connectivity index is 0.000000174. The molecule has 11 nitrogen and oxygen atoms in total. The molecule has 0 aromatic carbocycles. The third-order valence-electron chi connectivity index (χ3n) is 19.0. The summed E-state index contributed by atoms with van der Waals surface area (Å²) in [5.41, 5.74) is 1.56. The number of halogens is 3. The number of ether oxygens (including phenoxy) is 4. The van der Waals surface area contributed by atoms with Crippen LogP contribution in [-0.2, 0) is 47.7 Å². The zero-order chi connectivity index (χ0) is 46.8. The molecule has 354 valence electrons. The van der Waals surface area contributed by atoms with Crippen LogP contribution in [0, 0.1) is 63.1 Å². The molecule has 7 unspecified atom stereocenters. The fourth-order valence-corrected chi connectivity index (χ4v) is 15.9. The van der Waals surface area contributed by atoms with Crippen molar-refractivity contribution >= 4 is 103 Å². The van der Waals surface area contributed by atoms with Crippen LogP contribution in [0.25, 0.3) is 0 Å². The molecule has 2 aliphatic heterocycles. The number of carbonyl (C=O) groups is 6. The van der Waals surface area contributed by atoms with Gasteiger partial charge in [0.25, 0.3) is 0 Å². The lowest BCUT2D eigenvalue weighted by atomic mass is 9.43. The Morgan fingerprint density at radius 2 is 1.23 bits per heavy atom. The molecule has 0 aromatic rings. The van der Waals surface area contributed by atoms with Crippen LogP contribution in [-0.4, -0.2) is 79.4 Å². The standard InChI is InChI=1S/C24H32O6.C24H30O5.CH2I2.CH3I/c1-22-7-4-14(25)10-13(22)11-15(21(28)29-3)19-16-5-8-24(9-6-18(27)30-24)23(16,2)12-17(26)20(19)22;1-22-8-4-15(25)12-14(22)13-16(21(27)28-3)20-17(22)5-9-23(2)18(20)6-10-24(23)11-7-19(26)29-24;2-1-3;1-2/h10,15-17,19-20,26H,4-9,11-12H2,1-3H3;5,12,16,18,20H,4,6-11,13H2,1-3H3;1H2;1H3/t15?,16?,17-,19?,20?,22+,23+,24-;16?,18?,20?,22-,23-,24+;;/m10../s1. The Bertz CT molecular complexity index is 2030. The summed E-state index contributed by atoms with van der Waals surface area (Å²) in [5, 5.41) is 11.6. The Labute approximate surface area is 420 Å². The number of esters is 4. The molecule has 0 radical (unpaired) electrons. The first-order valence-corrected chi connectivity index (χ1v) is 28.5. The summed E-state index contributed by atoms with van der Waals surface area (Å²) >= 11 is 6.70. The molecule has 1 N–H and O–H groups in total. The highest BCUT2D eigenvalue weighted by molar-refractivity contribution is 14.2. The van der Waals surface area contributed by atoms with Gasteiger partial charge in [-0.25, -0.2) is 0 Å². The molecule has 14 atom stereocenters. The average molecular weight is 1220 g/mol. The smallest absolute Gasteiger partial charge is 0.309 e. The minimum Gasteiger partial charge on any atom is -0.469 e. The predicted octanol–water partition coefficient (Wildman–Crippen LogP) is 9.74. The van der Waals surface area contributed by atoms with E-state index in [0.29, 0.717) is 57.8 Å². The number of ketones is 2. The van der Waals surface area contributed by atoms with Crippen LogP contribution in [0.15, 0.2) is 34.9 Å². The van der Waals surface area contributed by atoms with Crippen molar-refractivity contribution in [3.05, 3.63) is 34.9 Å². The quantitative estimate of drug-likeness (QED) is 0.0923. The second kappa shape index (κ2) is 18.8. The van der Waals surface area contributed by atoms with Gasteiger partial charge in [0.15, 0.2) is 11.6 Å². The summed E-state index contributed by atoms with van der Waals surface area (Å²) in [6.45, 7) is 8.85. The van der Waals surface area contributed by atoms with Gasteiger partial charge in [0.05, 0.1) is 34.6 Å². The first kappa shape index (κ1) is 50.5. The molecule has 0 aromatic heterocycles. The van der Waals surface area contributed by atoms with Gasteiger partial charge >= 0.3 is 23.9 Å². The maximum atomic E-state index is 12.9. The minimum absolute atomic E-state index is 0.0415. The van der Waals surface area contributed by atoms with Crippen molar-refractivity contribution in [2.45, 2.75) is 148 Å². The van der Waals surface area contributed by atoms with Crippen molar-refractivity contribution in [2.24, 2.45) is 63.1 Å². The number of aliphatic hydroxyl groups excluding tert-OH is 1. The number of fused-ring (bicyclic) bond motifs is 12. The highest BCUT2D eigenvalue weighted by Crippen LogP contribution is 2.72. The molecule has 8 aliphatic carbocycles. The highest BCUT2D eigenvalue weighted by atomic mass is 127. The molecule has 7 fully saturated rings. The van der Waals surface area contributed by atoms with E-state index in [1.807, 2.05) is 4.93 Å². The van der Waals surface area contributed by atoms with Crippen LogP contribution in [0.1, 0.15) is 130 Å². The largest absolute Gasteiger partial charge is 0.469 e. The van der Waals surface area contributed by atoms with Crippen LogP contribution in [0.2, 0.25) is 0 Å². The van der Waals surface area contributed by atoms with Gasteiger partial charge in [-0.3, -0.25) is 28.8 Å². The fourth-order valence-electron chi connectivity index (χ4n) is 15.9. The van der Waals surface area contributed by atoms with Crippen LogP contribution in [0.5, 0.6) is 0 Å². The van der Waals surface area contributed by atoms with Crippen molar-refractivity contribution in [3.63, 3.8) is 0 Å². The predicted molar refractivity (Wildman–Crippen MR) is 266 cm³/mol. The number of hydrogen-bond acceptors (Lipinski definition) is 11. The van der Waals surface area contributed by atoms with E-state index in [4.69, 9.17) is 18.9 Å². The molecule has 2 spiro atoms. The summed E-state index contributed by atoms with van der Waals surface area (Å²) in [6, 6.07) is 0. The minimum atomic E-state index is -0.611. The van der Waals surface area contributed by atoms with Crippen molar-refractivity contribution < 1.29 is 52.8 Å². The topological polar surface area (TPSA) is 160 Å². The molecule has 10 aliphatic rings. The second-order valence-electron chi connectivity index (χ2n) is 21.1. The lowest BCUT2D eigenvalue weighted by molar-refractivity contribution is -0.197. The van der Waals surface area contributed by atoms with Crippen LogP contribution in [0.3, 0.4) is 0 Å². The third kappa shape index (κ3) is 7.85. The van der Waals surface area contributed by atoms with Gasteiger partial charge in [-0.2, -0.15) is 0 Å². The SMILES string of the molecule is CI.COC(=O)C1CC2=CC(=O)CC[C@]2(C)C2=CC[C@@]3(C)C(CC[C@@]34CCC(=O)O4)C21.COC(=O)C1CC2=CC(=O)CC[C@]2(C)C2C1C1CC[C@@]3(CCC(=O)O3)[C@@]1(C)C[C@H]2O.ICI. The summed E-state index contributed by atoms with van der Waals surface area (Å²) in [5.74, 6) is -0.633. The van der Waals surface area contributed by atoms with Gasteiger partial charge in [-0.05, 0) is 129 Å². The van der Waals surface area contributed by atoms with E-state index in [1.54, 1.807) is 12.2 Å². The molecule has 64 heavy (non-hydrogen) atoms. The van der Waals surface area contributed by atoms with E-state index in [1.165, 1.54) is 22.2 Å². The molecule has 10 rings (SSSR count). The lowest BCUT2D eigenvalue weighted by Crippen LogP contribution is -2.62. The number of methoxy groups -OCH3 is 2. The maximum absolute atomic E-state index is 12.9. The normalized spacial score (nSPS) is 44.4. The number of rotatable bonds is 2. The Morgan fingerprint density at radius 1 is 0.719 bits per heavy atom. The first-order chi connectivity index (χ1) is 30.3. The van der Waals surface area contributed by atoms with E-state index >= 15 is 0 Å². The monoisotopic (exact) mass is 1220 g/mol. The van der Waals surface area contributed by atoms with E-state index in [0.717, 1.165) is 56.1 Å². The van der Waals surface area contributed by atoms with Gasteiger partial charge in [0.2, 0.25) is 0 Å². The molecule has 0 bridgehead atoms. The van der Waals surface area contributed by atoms with Gasteiger partial charge in [0, 0.05) is 41.9 Å². The van der Waals surface area contributed by atoms with Gasteiger partial charge in [-0.1, -0.05) is 118 Å². The van der Waals surface area contributed by atoms with Crippen molar-refractivity contribution in [3.8, 4) is 0 Å². The second-order valence-corrected chi connectivity index (χ2v) is 25.6. The van der Waals surface area contributed by atoms with Crippen LogP contribution >= 0.6 is 67.8 Å². The number of carbonyl (C=O) groups excluding carboxylic acids is 6. The molecule has 2 saturated heterocycles. The average Bonchev–Trinajstić information content (AvgIpc) is 4.01. The van der Waals surface area contributed by atoms with Gasteiger partial charge in [0.1, 0.15) is 11.2 Å². The van der Waals surface area contributed by atoms with Gasteiger partial charge in [-0.15, -0.1) is 0 Å². The summed E-state index contributed by atoms with van der Waals surface area (Å²) in [6.07, 6.45) is 16.3. The van der Waals surface area contributed by atoms with Gasteiger partial charge < -0.3 is 24.1 Å². The van der Waals surface area contributed by atoms with E-state index < -0.39 is 17.3 Å². The number of hydrogen-bond donors (Lipinski definition) is 1. The van der Waals surface area contributed by atoms with Crippen molar-refractivity contribution in [2.75, 3.05) is 21.6 Å². The maximum Gasteiger partial charge on any atom is 0.309 e. The van der Waals surface area contributed by atoms with Crippen LogP contribution in [0.4, 0.5) is 0 Å². The molecule has 0 amide bonds. The van der Waals surface area contributed by atoms with E-state index in [2.05, 4.69) is 102 Å². The summed E-state index contributed by atoms with van der Waals surface area (Å²) in [4.78, 5) is 76.2. The first-order valence-electron chi connectivity index (χ1n) is 23.3. The Hall–Kier alpha value is -1.41. The Kier molecular flexibility index (Phi) is 14.8. The zero-order valence-electron chi connectivity index (χ0n) is 38.5. The third-order valence-corrected chi connectivity index (χ3v) is 19.0. The number of allylic oxidation sites excluding steroid dienone is 5. The molecule has 2 heterocycles. The van der Waals surface area contributed by atoms with E-state index in [9.17, 15) is 33.9 Å². The number of alkyl halides is 3. The zero-order valence-corrected chi connectivity index (χ0v) is 45.0. The molecule has 14 heteroatoms. The molecular formula is C50H67I3O11. The number of aliphatic hydroxyl groups is 1. The summed E-state index contributed by atoms with van der Waals surface area (Å²) in [7, 11) is 2.87. The fraction of sp³-hybridized carbons (Fsp3) is 0.760. The molecule has 5 saturated carbocycles. The molecular weight excluding hydrogens is 1160 g/mol.